The SMILES string of the molecule is CCNC(=NCc1nc(-c2ccc(Cl)cc2)no1)N1CCC(C(=O)OC)CC1. The normalized spacial score (nSPS) is 15.5. The molecule has 2 heterocycles. The lowest BCUT2D eigenvalue weighted by Gasteiger charge is -2.33. The fraction of sp³-hybridized carbons (Fsp3) is 0.474. The maximum absolute atomic E-state index is 11.7. The molecule has 1 aromatic carbocycles. The number of halogens is 1. The van der Waals surface area contributed by atoms with Crippen molar-refractivity contribution in [3.8, 4) is 11.4 Å². The molecule has 0 spiro atoms. The van der Waals surface area contributed by atoms with E-state index in [0.29, 0.717) is 16.7 Å². The first kappa shape index (κ1) is 20.1. The van der Waals surface area contributed by atoms with Crippen LogP contribution in [0, 0.1) is 5.92 Å². The molecule has 0 radical (unpaired) electrons. The lowest BCUT2D eigenvalue weighted by molar-refractivity contribution is -0.146. The Hall–Kier alpha value is -2.61. The number of benzene rings is 1. The van der Waals surface area contributed by atoms with E-state index in [1.165, 1.54) is 7.11 Å². The molecule has 150 valence electrons. The van der Waals surface area contributed by atoms with Gasteiger partial charge in [0.25, 0.3) is 0 Å². The van der Waals surface area contributed by atoms with Crippen LogP contribution in [0.3, 0.4) is 0 Å². The van der Waals surface area contributed by atoms with Gasteiger partial charge in [-0.05, 0) is 44.0 Å². The molecule has 0 aliphatic carbocycles. The van der Waals surface area contributed by atoms with Gasteiger partial charge in [-0.1, -0.05) is 16.8 Å². The number of ether oxygens (including phenoxy) is 1. The number of hydrogen-bond acceptors (Lipinski definition) is 6. The van der Waals surface area contributed by atoms with Crippen LogP contribution in [-0.2, 0) is 16.1 Å². The number of methoxy groups -OCH3 is 1. The van der Waals surface area contributed by atoms with Gasteiger partial charge in [0, 0.05) is 30.2 Å². The van der Waals surface area contributed by atoms with Gasteiger partial charge in [-0.2, -0.15) is 4.98 Å². The summed E-state index contributed by atoms with van der Waals surface area (Å²) in [6.45, 7) is 4.52. The molecule has 1 saturated heterocycles. The first-order valence-electron chi connectivity index (χ1n) is 9.30. The highest BCUT2D eigenvalue weighted by atomic mass is 35.5. The summed E-state index contributed by atoms with van der Waals surface area (Å²) >= 11 is 5.91. The predicted molar refractivity (Wildman–Crippen MR) is 106 cm³/mol. The van der Waals surface area contributed by atoms with E-state index in [4.69, 9.17) is 20.9 Å². The molecule has 0 amide bonds. The fourth-order valence-electron chi connectivity index (χ4n) is 3.10. The van der Waals surface area contributed by atoms with Crippen LogP contribution in [0.4, 0.5) is 0 Å². The molecule has 0 bridgehead atoms. The maximum Gasteiger partial charge on any atom is 0.308 e. The van der Waals surface area contributed by atoms with Crippen LogP contribution in [0.2, 0.25) is 5.02 Å². The molecule has 1 N–H and O–H groups in total. The zero-order chi connectivity index (χ0) is 19.9. The van der Waals surface area contributed by atoms with E-state index in [-0.39, 0.29) is 18.4 Å². The highest BCUT2D eigenvalue weighted by Crippen LogP contribution is 2.20. The summed E-state index contributed by atoms with van der Waals surface area (Å²) in [6.07, 6.45) is 1.50. The predicted octanol–water partition coefficient (Wildman–Crippen LogP) is 2.74. The zero-order valence-corrected chi connectivity index (χ0v) is 16.8. The van der Waals surface area contributed by atoms with Crippen molar-refractivity contribution in [3.05, 3.63) is 35.2 Å². The van der Waals surface area contributed by atoms with Gasteiger partial charge in [-0.15, -0.1) is 0 Å². The number of hydrogen-bond donors (Lipinski definition) is 1. The minimum atomic E-state index is -0.137. The number of aromatic nitrogens is 2. The highest BCUT2D eigenvalue weighted by molar-refractivity contribution is 6.30. The number of nitrogens with one attached hydrogen (secondary N) is 1. The molecular weight excluding hydrogens is 382 g/mol. The minimum absolute atomic E-state index is 0.0398. The monoisotopic (exact) mass is 405 g/mol. The quantitative estimate of drug-likeness (QED) is 0.464. The smallest absolute Gasteiger partial charge is 0.308 e. The summed E-state index contributed by atoms with van der Waals surface area (Å²) in [7, 11) is 1.43. The molecule has 1 fully saturated rings. The highest BCUT2D eigenvalue weighted by Gasteiger charge is 2.27. The molecule has 9 heteroatoms. The van der Waals surface area contributed by atoms with Crippen LogP contribution in [0.5, 0.6) is 0 Å². The van der Waals surface area contributed by atoms with Crippen molar-refractivity contribution in [2.45, 2.75) is 26.3 Å². The number of rotatable bonds is 5. The van der Waals surface area contributed by atoms with E-state index in [1.54, 1.807) is 12.1 Å². The lowest BCUT2D eigenvalue weighted by atomic mass is 9.97. The van der Waals surface area contributed by atoms with Gasteiger partial charge in [0.1, 0.15) is 6.54 Å². The molecule has 8 nitrogen and oxygen atoms in total. The average molecular weight is 406 g/mol. The van der Waals surface area contributed by atoms with Crippen molar-refractivity contribution in [1.82, 2.24) is 20.4 Å². The standard InChI is InChI=1S/C19H24ClN5O3/c1-3-21-19(25-10-8-14(9-11-25)18(26)27-2)22-12-16-23-17(24-28-16)13-4-6-15(20)7-5-13/h4-7,14H,3,8-12H2,1-2H3,(H,21,22). The number of guanidine groups is 1. The van der Waals surface area contributed by atoms with Gasteiger partial charge in [-0.25, -0.2) is 4.99 Å². The zero-order valence-electron chi connectivity index (χ0n) is 16.0. The largest absolute Gasteiger partial charge is 0.469 e. The fourth-order valence-corrected chi connectivity index (χ4v) is 3.22. The Labute approximate surface area is 168 Å². The topological polar surface area (TPSA) is 92.9 Å². The van der Waals surface area contributed by atoms with Crippen LogP contribution in [0.1, 0.15) is 25.7 Å². The van der Waals surface area contributed by atoms with Crippen molar-refractivity contribution in [1.29, 1.82) is 0 Å². The molecule has 3 rings (SSSR count). The molecular formula is C19H24ClN5O3. The second kappa shape index (κ2) is 9.54. The van der Waals surface area contributed by atoms with Gasteiger partial charge < -0.3 is 19.5 Å². The molecule has 0 saturated carbocycles. The van der Waals surface area contributed by atoms with Crippen molar-refractivity contribution in [2.75, 3.05) is 26.7 Å². The second-order valence-corrected chi connectivity index (χ2v) is 6.91. The lowest BCUT2D eigenvalue weighted by Crippen LogP contribution is -2.46. The average Bonchev–Trinajstić information content (AvgIpc) is 3.20. The Kier molecular flexibility index (Phi) is 6.86. The summed E-state index contributed by atoms with van der Waals surface area (Å²) < 4.78 is 10.2. The van der Waals surface area contributed by atoms with Gasteiger partial charge in [0.2, 0.25) is 11.7 Å². The van der Waals surface area contributed by atoms with E-state index >= 15 is 0 Å². The van der Waals surface area contributed by atoms with E-state index in [9.17, 15) is 4.79 Å². The molecule has 0 atom stereocenters. The first-order chi connectivity index (χ1) is 13.6. The van der Waals surface area contributed by atoms with Gasteiger partial charge >= 0.3 is 5.97 Å². The number of nitrogens with zero attached hydrogens (tertiary/aromatic N) is 4. The van der Waals surface area contributed by atoms with Crippen LogP contribution < -0.4 is 5.32 Å². The van der Waals surface area contributed by atoms with Crippen LogP contribution in [0.15, 0.2) is 33.8 Å². The Morgan fingerprint density at radius 2 is 2.07 bits per heavy atom. The molecule has 1 aromatic heterocycles. The van der Waals surface area contributed by atoms with Crippen LogP contribution in [0.25, 0.3) is 11.4 Å². The first-order valence-corrected chi connectivity index (χ1v) is 9.68. The number of aliphatic imine (C=N–C) groups is 1. The Morgan fingerprint density at radius 3 is 2.71 bits per heavy atom. The molecule has 1 aliphatic rings. The van der Waals surface area contributed by atoms with Crippen molar-refractivity contribution in [2.24, 2.45) is 10.9 Å². The summed E-state index contributed by atoms with van der Waals surface area (Å²) in [5.41, 5.74) is 0.833. The van der Waals surface area contributed by atoms with Crippen molar-refractivity contribution < 1.29 is 14.1 Å². The molecule has 28 heavy (non-hydrogen) atoms. The van der Waals surface area contributed by atoms with Crippen LogP contribution in [-0.4, -0.2) is 53.7 Å². The van der Waals surface area contributed by atoms with E-state index < -0.39 is 0 Å². The van der Waals surface area contributed by atoms with E-state index in [1.807, 2.05) is 19.1 Å². The second-order valence-electron chi connectivity index (χ2n) is 6.47. The molecule has 1 aliphatic heterocycles. The number of esters is 1. The Bertz CT molecular complexity index is 813. The van der Waals surface area contributed by atoms with Crippen molar-refractivity contribution in [3.63, 3.8) is 0 Å². The Balaban J connectivity index is 1.63. The summed E-state index contributed by atoms with van der Waals surface area (Å²) in [5, 5.41) is 7.94. The third-order valence-corrected chi connectivity index (χ3v) is 4.85. The van der Waals surface area contributed by atoms with Gasteiger partial charge in [0.05, 0.1) is 13.0 Å². The number of likely N-dealkylation sites (tertiary alicyclic amines) is 1. The maximum atomic E-state index is 11.7. The van der Waals surface area contributed by atoms with E-state index in [0.717, 1.165) is 44.0 Å². The molecule has 2 aromatic rings. The third-order valence-electron chi connectivity index (χ3n) is 4.60. The number of carbonyl (C=O) groups is 1. The van der Waals surface area contributed by atoms with Gasteiger partial charge in [0.15, 0.2) is 5.96 Å². The summed E-state index contributed by atoms with van der Waals surface area (Å²) in [5.74, 6) is 1.54. The summed E-state index contributed by atoms with van der Waals surface area (Å²) in [6, 6.07) is 7.25. The number of piperidine rings is 1. The van der Waals surface area contributed by atoms with E-state index in [2.05, 4.69) is 25.3 Å². The van der Waals surface area contributed by atoms with Crippen LogP contribution >= 0.6 is 11.6 Å². The van der Waals surface area contributed by atoms with Gasteiger partial charge in [-0.3, -0.25) is 4.79 Å². The number of carbonyl (C=O) groups excluding carboxylic acids is 1. The Morgan fingerprint density at radius 1 is 1.36 bits per heavy atom. The third kappa shape index (κ3) is 5.01. The molecule has 0 unspecified atom stereocenters. The summed E-state index contributed by atoms with van der Waals surface area (Å²) in [4.78, 5) is 22.8. The minimum Gasteiger partial charge on any atom is -0.469 e. The van der Waals surface area contributed by atoms with Crippen molar-refractivity contribution >= 4 is 23.5 Å².